The van der Waals surface area contributed by atoms with E-state index >= 15 is 0 Å². The minimum atomic E-state index is -1.08. The first-order valence-electron chi connectivity index (χ1n) is 13.7. The van der Waals surface area contributed by atoms with Crippen LogP contribution in [0.1, 0.15) is 49.3 Å². The Morgan fingerprint density at radius 1 is 0.923 bits per heavy atom. The summed E-state index contributed by atoms with van der Waals surface area (Å²) in [6.45, 7) is 1.15. The van der Waals surface area contributed by atoms with Crippen molar-refractivity contribution in [3.05, 3.63) is 65.7 Å². The van der Waals surface area contributed by atoms with E-state index in [0.29, 0.717) is 51.7 Å². The van der Waals surface area contributed by atoms with E-state index in [1.54, 1.807) is 4.90 Å². The fraction of sp³-hybridized carbons (Fsp3) is 0.448. The number of amides is 5. The number of nitrogens with zero attached hydrogens (tertiary/aromatic N) is 3. The SMILES string of the molecule is O=C(O)CN1C(=O)[C@H](NC(=O)N2CCC(N3CCc4ccccc4NC3=O)CC2)CCC[C@@H]1c1ccccc1. The molecule has 10 heteroatoms. The van der Waals surface area contributed by atoms with Crippen molar-refractivity contribution in [2.75, 3.05) is 31.5 Å². The summed E-state index contributed by atoms with van der Waals surface area (Å²) in [6, 6.07) is 15.7. The van der Waals surface area contributed by atoms with Gasteiger partial charge in [-0.05, 0) is 55.7 Å². The van der Waals surface area contributed by atoms with Gasteiger partial charge in [-0.15, -0.1) is 0 Å². The Bertz CT molecular complexity index is 1210. The normalized spacial score (nSPS) is 22.4. The highest BCUT2D eigenvalue weighted by atomic mass is 16.4. The lowest BCUT2D eigenvalue weighted by Crippen LogP contribution is -2.55. The Labute approximate surface area is 227 Å². The van der Waals surface area contributed by atoms with Gasteiger partial charge in [0, 0.05) is 31.4 Å². The summed E-state index contributed by atoms with van der Waals surface area (Å²) < 4.78 is 0. The van der Waals surface area contributed by atoms with Gasteiger partial charge in [0.05, 0.1) is 6.04 Å². The molecule has 0 aromatic heterocycles. The Kier molecular flexibility index (Phi) is 7.99. The van der Waals surface area contributed by atoms with E-state index in [1.807, 2.05) is 59.5 Å². The molecule has 5 rings (SSSR count). The minimum absolute atomic E-state index is 0.0283. The van der Waals surface area contributed by atoms with Crippen molar-refractivity contribution in [2.45, 2.75) is 56.7 Å². The summed E-state index contributed by atoms with van der Waals surface area (Å²) in [7, 11) is 0. The highest BCUT2D eigenvalue weighted by Crippen LogP contribution is 2.31. The number of hydrogen-bond acceptors (Lipinski definition) is 4. The van der Waals surface area contributed by atoms with Crippen LogP contribution in [-0.2, 0) is 16.0 Å². The third kappa shape index (κ3) is 6.00. The van der Waals surface area contributed by atoms with Crippen LogP contribution in [0.25, 0.3) is 0 Å². The van der Waals surface area contributed by atoms with Crippen molar-refractivity contribution < 1.29 is 24.3 Å². The van der Waals surface area contributed by atoms with Crippen molar-refractivity contribution in [1.82, 2.24) is 20.0 Å². The number of aliphatic carboxylic acids is 1. The average molecular weight is 534 g/mol. The maximum absolute atomic E-state index is 13.5. The number of nitrogens with one attached hydrogen (secondary N) is 2. The van der Waals surface area contributed by atoms with Crippen molar-refractivity contribution in [3.8, 4) is 0 Å². The van der Waals surface area contributed by atoms with Crippen molar-refractivity contribution >= 4 is 29.6 Å². The molecule has 0 bridgehead atoms. The summed E-state index contributed by atoms with van der Waals surface area (Å²) in [5.41, 5.74) is 2.85. The van der Waals surface area contributed by atoms with Crippen LogP contribution >= 0.6 is 0 Å². The number of piperidine rings is 1. The first-order valence-corrected chi connectivity index (χ1v) is 13.7. The molecule has 0 unspecified atom stereocenters. The number of rotatable bonds is 5. The van der Waals surface area contributed by atoms with Gasteiger partial charge in [-0.2, -0.15) is 0 Å². The lowest BCUT2D eigenvalue weighted by molar-refractivity contribution is -0.146. The van der Waals surface area contributed by atoms with Gasteiger partial charge in [-0.25, -0.2) is 9.59 Å². The maximum atomic E-state index is 13.5. The van der Waals surface area contributed by atoms with E-state index in [9.17, 15) is 24.3 Å². The van der Waals surface area contributed by atoms with Gasteiger partial charge in [0.1, 0.15) is 12.6 Å². The van der Waals surface area contributed by atoms with E-state index in [0.717, 1.165) is 23.2 Å². The molecule has 3 aliphatic heterocycles. The summed E-state index contributed by atoms with van der Waals surface area (Å²) >= 11 is 0. The molecule has 5 amide bonds. The molecule has 2 aromatic carbocycles. The summed E-state index contributed by atoms with van der Waals surface area (Å²) in [5.74, 6) is -1.45. The quantitative estimate of drug-likeness (QED) is 0.543. The van der Waals surface area contributed by atoms with Crippen LogP contribution in [0.3, 0.4) is 0 Å². The zero-order valence-corrected chi connectivity index (χ0v) is 21.9. The standard InChI is InChI=1S/C29H35N5O5/c35-26(36)19-34-25(21-8-2-1-3-9-21)12-6-11-24(27(34)37)31-28(38)32-16-14-22(15-17-32)33-18-13-20-7-4-5-10-23(20)30-29(33)39/h1-5,7-10,22,24-25H,6,11-19H2,(H,30,39)(H,31,38)(H,35,36)/t24-,25-/m1/s1. The molecule has 0 radical (unpaired) electrons. The van der Waals surface area contributed by atoms with Crippen LogP contribution in [0, 0.1) is 0 Å². The first kappa shape index (κ1) is 26.5. The topological polar surface area (TPSA) is 122 Å². The number of anilines is 1. The number of likely N-dealkylation sites (tertiary alicyclic amines) is 2. The molecule has 39 heavy (non-hydrogen) atoms. The lowest BCUT2D eigenvalue weighted by Gasteiger charge is -2.38. The Morgan fingerprint density at radius 3 is 2.38 bits per heavy atom. The Hall–Kier alpha value is -4.08. The number of carbonyl (C=O) groups is 4. The predicted octanol–water partition coefficient (Wildman–Crippen LogP) is 3.46. The number of carboxylic acids is 1. The number of urea groups is 2. The molecule has 0 spiro atoms. The molecule has 2 fully saturated rings. The summed E-state index contributed by atoms with van der Waals surface area (Å²) in [4.78, 5) is 56.1. The van der Waals surface area contributed by atoms with E-state index in [4.69, 9.17) is 0 Å². The van der Waals surface area contributed by atoms with Crippen LogP contribution in [0.5, 0.6) is 0 Å². The second kappa shape index (κ2) is 11.8. The molecule has 3 N–H and O–H groups in total. The van der Waals surface area contributed by atoms with Gasteiger partial charge in [-0.1, -0.05) is 48.5 Å². The van der Waals surface area contributed by atoms with Gasteiger partial charge in [0.25, 0.3) is 0 Å². The Balaban J connectivity index is 1.19. The smallest absolute Gasteiger partial charge is 0.323 e. The van der Waals surface area contributed by atoms with Crippen LogP contribution in [0.4, 0.5) is 15.3 Å². The van der Waals surface area contributed by atoms with E-state index < -0.39 is 18.6 Å². The number of carboxylic acid groups (broad SMARTS) is 1. The monoisotopic (exact) mass is 533 g/mol. The van der Waals surface area contributed by atoms with Gasteiger partial charge in [-0.3, -0.25) is 9.59 Å². The summed E-state index contributed by atoms with van der Waals surface area (Å²) in [6.07, 6.45) is 3.84. The second-order valence-corrected chi connectivity index (χ2v) is 10.5. The maximum Gasteiger partial charge on any atom is 0.323 e. The molecule has 0 saturated carbocycles. The third-order valence-electron chi connectivity index (χ3n) is 8.05. The second-order valence-electron chi connectivity index (χ2n) is 10.5. The predicted molar refractivity (Wildman–Crippen MR) is 145 cm³/mol. The number of carbonyl (C=O) groups excluding carboxylic acids is 3. The molecule has 3 aliphatic rings. The fourth-order valence-electron chi connectivity index (χ4n) is 6.00. The number of hydrogen-bond donors (Lipinski definition) is 3. The first-order chi connectivity index (χ1) is 18.9. The minimum Gasteiger partial charge on any atom is -0.480 e. The van der Waals surface area contributed by atoms with Gasteiger partial charge < -0.3 is 30.4 Å². The third-order valence-corrected chi connectivity index (χ3v) is 8.05. The van der Waals surface area contributed by atoms with Crippen LogP contribution in [0.2, 0.25) is 0 Å². The zero-order chi connectivity index (χ0) is 27.4. The largest absolute Gasteiger partial charge is 0.480 e. The van der Waals surface area contributed by atoms with Crippen LogP contribution < -0.4 is 10.6 Å². The fourth-order valence-corrected chi connectivity index (χ4v) is 6.00. The lowest BCUT2D eigenvalue weighted by atomic mass is 10.0. The molecule has 2 saturated heterocycles. The summed E-state index contributed by atoms with van der Waals surface area (Å²) in [5, 5.41) is 15.4. The van der Waals surface area contributed by atoms with Crippen molar-refractivity contribution in [2.24, 2.45) is 0 Å². The molecular formula is C29H35N5O5. The molecule has 0 aliphatic carbocycles. The average Bonchev–Trinajstić information content (AvgIpc) is 3.20. The van der Waals surface area contributed by atoms with Gasteiger partial charge in [0.15, 0.2) is 0 Å². The van der Waals surface area contributed by atoms with Crippen LogP contribution in [-0.4, -0.2) is 82.0 Å². The molecule has 10 nitrogen and oxygen atoms in total. The molecule has 2 aromatic rings. The van der Waals surface area contributed by atoms with E-state index in [-0.39, 0.29) is 30.1 Å². The molecule has 206 valence electrons. The molecule has 2 atom stereocenters. The zero-order valence-electron chi connectivity index (χ0n) is 21.9. The van der Waals surface area contributed by atoms with Crippen molar-refractivity contribution in [3.63, 3.8) is 0 Å². The van der Waals surface area contributed by atoms with Crippen LogP contribution in [0.15, 0.2) is 54.6 Å². The molecular weight excluding hydrogens is 498 g/mol. The molecule has 3 heterocycles. The highest BCUT2D eigenvalue weighted by molar-refractivity contribution is 5.91. The number of para-hydroxylation sites is 1. The highest BCUT2D eigenvalue weighted by Gasteiger charge is 2.37. The van der Waals surface area contributed by atoms with E-state index in [1.165, 1.54) is 4.90 Å². The number of benzene rings is 2. The van der Waals surface area contributed by atoms with E-state index in [2.05, 4.69) is 10.6 Å². The Morgan fingerprint density at radius 2 is 1.64 bits per heavy atom. The van der Waals surface area contributed by atoms with Crippen molar-refractivity contribution in [1.29, 1.82) is 0 Å². The van der Waals surface area contributed by atoms with Gasteiger partial charge >= 0.3 is 18.0 Å². The number of fused-ring (bicyclic) bond motifs is 1. The van der Waals surface area contributed by atoms with Gasteiger partial charge in [0.2, 0.25) is 5.91 Å².